The smallest absolute Gasteiger partial charge is 0.130 e. The number of aliphatic hydroxyl groups excluding tert-OH is 1. The third kappa shape index (κ3) is 5.61. The van der Waals surface area contributed by atoms with Gasteiger partial charge >= 0.3 is 0 Å². The predicted octanol–water partition coefficient (Wildman–Crippen LogP) is 5.12. The van der Waals surface area contributed by atoms with Crippen LogP contribution in [0.3, 0.4) is 0 Å². The largest absolute Gasteiger partial charge is 0.496 e. The van der Waals surface area contributed by atoms with E-state index < -0.39 is 6.10 Å². The first kappa shape index (κ1) is 23.6. The van der Waals surface area contributed by atoms with Crippen LogP contribution in [0.4, 0.5) is 0 Å². The zero-order valence-corrected chi connectivity index (χ0v) is 19.5. The van der Waals surface area contributed by atoms with Crippen molar-refractivity contribution in [1.82, 2.24) is 5.32 Å². The number of methoxy groups -OCH3 is 2. The van der Waals surface area contributed by atoms with Crippen molar-refractivity contribution in [3.05, 3.63) is 77.4 Å². The molecule has 2 N–H and O–H groups in total. The topological polar surface area (TPSA) is 60.0 Å². The molecule has 0 saturated heterocycles. The maximum Gasteiger partial charge on any atom is 0.130 e. The SMILES string of the molecule is COc1cc(OCc2cccc(-c3ccccc3)c2C)cc(OC)c1CNC(C)C(C)O. The highest BCUT2D eigenvalue weighted by molar-refractivity contribution is 5.68. The summed E-state index contributed by atoms with van der Waals surface area (Å²) >= 11 is 0. The summed E-state index contributed by atoms with van der Waals surface area (Å²) in [4.78, 5) is 0. The Labute approximate surface area is 191 Å². The number of ether oxygens (including phenoxy) is 3. The average molecular weight is 436 g/mol. The molecule has 32 heavy (non-hydrogen) atoms. The molecule has 0 fully saturated rings. The molecular weight excluding hydrogens is 402 g/mol. The van der Waals surface area contributed by atoms with E-state index in [1.807, 2.05) is 25.1 Å². The summed E-state index contributed by atoms with van der Waals surface area (Å²) in [5, 5.41) is 13.0. The summed E-state index contributed by atoms with van der Waals surface area (Å²) < 4.78 is 17.4. The molecule has 0 heterocycles. The van der Waals surface area contributed by atoms with Gasteiger partial charge in [0.05, 0.1) is 25.9 Å². The molecule has 170 valence electrons. The van der Waals surface area contributed by atoms with E-state index in [9.17, 15) is 5.11 Å². The summed E-state index contributed by atoms with van der Waals surface area (Å²) in [7, 11) is 3.27. The van der Waals surface area contributed by atoms with E-state index in [4.69, 9.17) is 14.2 Å². The van der Waals surface area contributed by atoms with Crippen molar-refractivity contribution in [2.24, 2.45) is 0 Å². The Kier molecular flexibility index (Phi) is 8.14. The normalized spacial score (nSPS) is 12.8. The van der Waals surface area contributed by atoms with Crippen molar-refractivity contribution in [2.75, 3.05) is 14.2 Å². The molecule has 2 atom stereocenters. The first-order chi connectivity index (χ1) is 15.4. The zero-order chi connectivity index (χ0) is 23.1. The van der Waals surface area contributed by atoms with Crippen LogP contribution in [0.5, 0.6) is 17.2 Å². The molecule has 0 aromatic heterocycles. The van der Waals surface area contributed by atoms with Gasteiger partial charge in [-0.15, -0.1) is 0 Å². The van der Waals surface area contributed by atoms with Gasteiger partial charge in [0.25, 0.3) is 0 Å². The van der Waals surface area contributed by atoms with Crippen LogP contribution in [0, 0.1) is 6.92 Å². The number of benzene rings is 3. The first-order valence-corrected chi connectivity index (χ1v) is 10.9. The average Bonchev–Trinajstić information content (AvgIpc) is 2.82. The lowest BCUT2D eigenvalue weighted by atomic mass is 9.97. The van der Waals surface area contributed by atoms with Crippen molar-refractivity contribution < 1.29 is 19.3 Å². The fraction of sp³-hybridized carbons (Fsp3) is 0.333. The third-order valence-electron chi connectivity index (χ3n) is 5.83. The van der Waals surface area contributed by atoms with Crippen LogP contribution in [-0.2, 0) is 13.2 Å². The molecule has 0 saturated carbocycles. The number of hydrogen-bond acceptors (Lipinski definition) is 5. The van der Waals surface area contributed by atoms with E-state index in [0.29, 0.717) is 30.4 Å². The highest BCUT2D eigenvalue weighted by Crippen LogP contribution is 2.35. The Morgan fingerprint density at radius 3 is 2.16 bits per heavy atom. The Morgan fingerprint density at radius 2 is 1.56 bits per heavy atom. The molecule has 5 nitrogen and oxygen atoms in total. The summed E-state index contributed by atoms with van der Waals surface area (Å²) in [6.45, 7) is 6.78. The van der Waals surface area contributed by atoms with E-state index in [0.717, 1.165) is 11.1 Å². The van der Waals surface area contributed by atoms with Gasteiger partial charge in [-0.1, -0.05) is 48.5 Å². The summed E-state index contributed by atoms with van der Waals surface area (Å²) in [6, 6.07) is 20.4. The zero-order valence-electron chi connectivity index (χ0n) is 19.5. The number of hydrogen-bond donors (Lipinski definition) is 2. The third-order valence-corrected chi connectivity index (χ3v) is 5.83. The van der Waals surface area contributed by atoms with Crippen molar-refractivity contribution in [3.63, 3.8) is 0 Å². The lowest BCUT2D eigenvalue weighted by molar-refractivity contribution is 0.151. The molecule has 0 radical (unpaired) electrons. The molecule has 0 spiro atoms. The van der Waals surface area contributed by atoms with Crippen LogP contribution in [0.15, 0.2) is 60.7 Å². The van der Waals surface area contributed by atoms with E-state index in [-0.39, 0.29) is 6.04 Å². The molecule has 2 unspecified atom stereocenters. The Bertz CT molecular complexity index is 992. The molecule has 0 amide bonds. The van der Waals surface area contributed by atoms with Crippen LogP contribution in [-0.4, -0.2) is 31.5 Å². The van der Waals surface area contributed by atoms with Gasteiger partial charge < -0.3 is 24.6 Å². The lowest BCUT2D eigenvalue weighted by Gasteiger charge is -2.20. The molecule has 3 aromatic carbocycles. The number of rotatable bonds is 10. The van der Waals surface area contributed by atoms with Gasteiger partial charge in [0.2, 0.25) is 0 Å². The first-order valence-electron chi connectivity index (χ1n) is 10.9. The Morgan fingerprint density at radius 1 is 0.906 bits per heavy atom. The minimum atomic E-state index is -0.454. The van der Waals surface area contributed by atoms with Crippen LogP contribution in [0.1, 0.15) is 30.5 Å². The van der Waals surface area contributed by atoms with Gasteiger partial charge in [-0.25, -0.2) is 0 Å². The minimum Gasteiger partial charge on any atom is -0.496 e. The van der Waals surface area contributed by atoms with Crippen molar-refractivity contribution in [3.8, 4) is 28.4 Å². The van der Waals surface area contributed by atoms with Gasteiger partial charge in [0, 0.05) is 24.7 Å². The van der Waals surface area contributed by atoms with E-state index in [1.165, 1.54) is 16.7 Å². The number of aliphatic hydroxyl groups is 1. The summed E-state index contributed by atoms with van der Waals surface area (Å²) in [5.41, 5.74) is 5.61. The van der Waals surface area contributed by atoms with Crippen LogP contribution >= 0.6 is 0 Å². The molecule has 0 aliphatic rings. The molecule has 0 aliphatic carbocycles. The fourth-order valence-corrected chi connectivity index (χ4v) is 3.58. The highest BCUT2D eigenvalue weighted by Gasteiger charge is 2.16. The maximum absolute atomic E-state index is 9.74. The molecule has 0 aliphatic heterocycles. The monoisotopic (exact) mass is 435 g/mol. The van der Waals surface area contributed by atoms with E-state index >= 15 is 0 Å². The predicted molar refractivity (Wildman–Crippen MR) is 128 cm³/mol. The summed E-state index contributed by atoms with van der Waals surface area (Å²) in [5.74, 6) is 2.04. The van der Waals surface area contributed by atoms with E-state index in [2.05, 4.69) is 54.7 Å². The second-order valence-corrected chi connectivity index (χ2v) is 7.96. The Balaban J connectivity index is 1.80. The van der Waals surface area contributed by atoms with Gasteiger partial charge in [-0.3, -0.25) is 0 Å². The molecule has 5 heteroatoms. The van der Waals surface area contributed by atoms with Gasteiger partial charge in [-0.05, 0) is 43.0 Å². The minimum absolute atomic E-state index is 0.0554. The number of nitrogens with one attached hydrogen (secondary N) is 1. The molecule has 0 bridgehead atoms. The molecule has 3 aromatic rings. The van der Waals surface area contributed by atoms with Gasteiger partial charge in [0.1, 0.15) is 23.9 Å². The molecular formula is C27H33NO4. The van der Waals surface area contributed by atoms with Crippen molar-refractivity contribution >= 4 is 0 Å². The quantitative estimate of drug-likeness (QED) is 0.463. The fourth-order valence-electron chi connectivity index (χ4n) is 3.58. The van der Waals surface area contributed by atoms with Crippen LogP contribution in [0.25, 0.3) is 11.1 Å². The Hall–Kier alpha value is -3.02. The van der Waals surface area contributed by atoms with Crippen LogP contribution < -0.4 is 19.5 Å². The second-order valence-electron chi connectivity index (χ2n) is 7.96. The molecule has 3 rings (SSSR count). The van der Waals surface area contributed by atoms with Crippen molar-refractivity contribution in [1.29, 1.82) is 0 Å². The van der Waals surface area contributed by atoms with Crippen molar-refractivity contribution in [2.45, 2.75) is 46.1 Å². The lowest BCUT2D eigenvalue weighted by Crippen LogP contribution is -2.35. The van der Waals surface area contributed by atoms with E-state index in [1.54, 1.807) is 21.1 Å². The van der Waals surface area contributed by atoms with Gasteiger partial charge in [-0.2, -0.15) is 0 Å². The van der Waals surface area contributed by atoms with Crippen LogP contribution in [0.2, 0.25) is 0 Å². The highest BCUT2D eigenvalue weighted by atomic mass is 16.5. The summed E-state index contributed by atoms with van der Waals surface area (Å²) in [6.07, 6.45) is -0.454. The second kappa shape index (κ2) is 11.0. The van der Waals surface area contributed by atoms with Gasteiger partial charge in [0.15, 0.2) is 0 Å². The standard InChI is InChI=1S/C27H33NO4/c1-18-22(12-9-13-24(18)21-10-7-6-8-11-21)17-32-23-14-26(30-4)25(27(15-23)31-5)16-28-19(2)20(3)29/h6-15,19-20,28-29H,16-17H2,1-5H3. The maximum atomic E-state index is 9.74.